The van der Waals surface area contributed by atoms with E-state index < -0.39 is 0 Å². The van der Waals surface area contributed by atoms with E-state index in [1.807, 2.05) is 0 Å². The number of hydrogen-bond acceptors (Lipinski definition) is 3. The van der Waals surface area contributed by atoms with E-state index in [-0.39, 0.29) is 18.0 Å². The second-order valence-corrected chi connectivity index (χ2v) is 3.30. The smallest absolute Gasteiger partial charge is 0.171 e. The van der Waals surface area contributed by atoms with Crippen LogP contribution in [-0.4, -0.2) is 11.6 Å². The number of thiol groups is 1. The Balaban J connectivity index is 2.89. The van der Waals surface area contributed by atoms with Crippen molar-refractivity contribution in [1.29, 1.82) is 0 Å². The number of ketones is 2. The van der Waals surface area contributed by atoms with E-state index in [9.17, 15) is 9.59 Å². The summed E-state index contributed by atoms with van der Waals surface area (Å²) in [6.45, 7) is 1.40. The zero-order valence-electron chi connectivity index (χ0n) is 7.28. The molecule has 0 saturated heterocycles. The molecule has 2 nitrogen and oxygen atoms in total. The van der Waals surface area contributed by atoms with Crippen LogP contribution in [-0.2, 0) is 4.79 Å². The molecule has 0 atom stereocenters. The lowest BCUT2D eigenvalue weighted by Crippen LogP contribution is -2.05. The first-order valence-corrected chi connectivity index (χ1v) is 4.36. The van der Waals surface area contributed by atoms with Crippen LogP contribution in [0.25, 0.3) is 0 Å². The van der Waals surface area contributed by atoms with Crippen molar-refractivity contribution in [3.8, 4) is 0 Å². The molecule has 0 aliphatic carbocycles. The fraction of sp³-hybridized carbons (Fsp3) is 0.200. The van der Waals surface area contributed by atoms with Crippen molar-refractivity contribution in [2.75, 3.05) is 0 Å². The molecule has 0 aliphatic rings. The second-order valence-electron chi connectivity index (χ2n) is 2.82. The van der Waals surface area contributed by atoms with Crippen molar-refractivity contribution >= 4 is 24.2 Å². The molecule has 0 saturated carbocycles. The fourth-order valence-electron chi connectivity index (χ4n) is 1.03. The van der Waals surface area contributed by atoms with Crippen molar-refractivity contribution < 1.29 is 9.59 Å². The third kappa shape index (κ3) is 2.70. The molecule has 1 aromatic rings. The van der Waals surface area contributed by atoms with E-state index >= 15 is 0 Å². The quantitative estimate of drug-likeness (QED) is 0.454. The minimum Gasteiger partial charge on any atom is -0.300 e. The normalized spacial score (nSPS) is 9.69. The second kappa shape index (κ2) is 4.23. The fourth-order valence-corrected chi connectivity index (χ4v) is 1.32. The summed E-state index contributed by atoms with van der Waals surface area (Å²) >= 11 is 4.13. The van der Waals surface area contributed by atoms with Crippen molar-refractivity contribution in [2.45, 2.75) is 18.2 Å². The Hall–Kier alpha value is -1.09. The molecule has 0 heterocycles. The van der Waals surface area contributed by atoms with Crippen molar-refractivity contribution in [2.24, 2.45) is 0 Å². The van der Waals surface area contributed by atoms with Crippen molar-refractivity contribution in [1.82, 2.24) is 0 Å². The molecule has 0 N–H and O–H groups in total. The van der Waals surface area contributed by atoms with E-state index in [0.29, 0.717) is 10.5 Å². The molecular formula is C10H10O2S. The lowest BCUT2D eigenvalue weighted by molar-refractivity contribution is -0.116. The van der Waals surface area contributed by atoms with Gasteiger partial charge in [-0.15, -0.1) is 12.6 Å². The van der Waals surface area contributed by atoms with Gasteiger partial charge in [0.15, 0.2) is 5.78 Å². The average Bonchev–Trinajstić information content (AvgIpc) is 2.03. The number of benzene rings is 1. The number of hydrogen-bond donors (Lipinski definition) is 1. The summed E-state index contributed by atoms with van der Waals surface area (Å²) in [4.78, 5) is 22.7. The molecule has 0 unspecified atom stereocenters. The Bertz CT molecular complexity index is 345. The van der Waals surface area contributed by atoms with Crippen LogP contribution in [0.5, 0.6) is 0 Å². The van der Waals surface area contributed by atoms with Crippen LogP contribution in [0.15, 0.2) is 29.2 Å². The van der Waals surface area contributed by atoms with Gasteiger partial charge in [0.05, 0.1) is 6.42 Å². The highest BCUT2D eigenvalue weighted by atomic mass is 32.1. The first-order valence-electron chi connectivity index (χ1n) is 3.92. The highest BCUT2D eigenvalue weighted by Gasteiger charge is 2.10. The van der Waals surface area contributed by atoms with Crippen LogP contribution < -0.4 is 0 Å². The first kappa shape index (κ1) is 9.99. The van der Waals surface area contributed by atoms with Gasteiger partial charge in [0.25, 0.3) is 0 Å². The van der Waals surface area contributed by atoms with Gasteiger partial charge >= 0.3 is 0 Å². The van der Waals surface area contributed by atoms with Gasteiger partial charge in [-0.1, -0.05) is 18.2 Å². The molecule has 0 fully saturated rings. The van der Waals surface area contributed by atoms with Gasteiger partial charge in [-0.3, -0.25) is 9.59 Å². The molecule has 0 aliphatic heterocycles. The predicted octanol–water partition coefficient (Wildman–Crippen LogP) is 2.14. The van der Waals surface area contributed by atoms with E-state index in [1.54, 1.807) is 24.3 Å². The lowest BCUT2D eigenvalue weighted by Gasteiger charge is -2.00. The molecule has 0 spiro atoms. The third-order valence-corrected chi connectivity index (χ3v) is 2.00. The summed E-state index contributed by atoms with van der Waals surface area (Å²) in [7, 11) is 0. The van der Waals surface area contributed by atoms with Crippen LogP contribution in [0.2, 0.25) is 0 Å². The third-order valence-electron chi connectivity index (χ3n) is 1.61. The summed E-state index contributed by atoms with van der Waals surface area (Å²) < 4.78 is 0. The monoisotopic (exact) mass is 194 g/mol. The number of carbonyl (C=O) groups excluding carboxylic acids is 2. The maximum absolute atomic E-state index is 11.4. The Morgan fingerprint density at radius 2 is 1.92 bits per heavy atom. The number of Topliss-reactive ketones (excluding diaryl/α,β-unsaturated/α-hetero) is 2. The standard InChI is InChI=1S/C10H10O2S/c1-7(11)6-9(12)8-4-2-3-5-10(8)13/h2-5,13H,6H2,1H3. The maximum Gasteiger partial charge on any atom is 0.171 e. The Labute approximate surface area is 82.4 Å². The van der Waals surface area contributed by atoms with Crippen LogP contribution >= 0.6 is 12.6 Å². The Morgan fingerprint density at radius 3 is 2.46 bits per heavy atom. The van der Waals surface area contributed by atoms with E-state index in [1.165, 1.54) is 6.92 Å². The highest BCUT2D eigenvalue weighted by molar-refractivity contribution is 7.80. The molecular weight excluding hydrogens is 184 g/mol. The molecule has 0 bridgehead atoms. The summed E-state index contributed by atoms with van der Waals surface area (Å²) in [5.41, 5.74) is 0.515. The molecule has 1 aromatic carbocycles. The first-order chi connectivity index (χ1) is 6.11. The Morgan fingerprint density at radius 1 is 1.31 bits per heavy atom. The number of carbonyl (C=O) groups is 2. The molecule has 3 heteroatoms. The van der Waals surface area contributed by atoms with Gasteiger partial charge in [-0.25, -0.2) is 0 Å². The average molecular weight is 194 g/mol. The minimum atomic E-state index is -0.168. The Kier molecular flexibility index (Phi) is 3.25. The maximum atomic E-state index is 11.4. The SMILES string of the molecule is CC(=O)CC(=O)c1ccccc1S. The highest BCUT2D eigenvalue weighted by Crippen LogP contribution is 2.14. The predicted molar refractivity (Wildman–Crippen MR) is 53.3 cm³/mol. The van der Waals surface area contributed by atoms with Crippen molar-refractivity contribution in [3.05, 3.63) is 29.8 Å². The summed E-state index contributed by atoms with van der Waals surface area (Å²) in [6, 6.07) is 6.96. The summed E-state index contributed by atoms with van der Waals surface area (Å²) in [5.74, 6) is -0.292. The lowest BCUT2D eigenvalue weighted by atomic mass is 10.1. The van der Waals surface area contributed by atoms with Gasteiger partial charge in [-0.05, 0) is 13.0 Å². The van der Waals surface area contributed by atoms with E-state index in [0.717, 1.165) is 0 Å². The van der Waals surface area contributed by atoms with E-state index in [2.05, 4.69) is 12.6 Å². The zero-order valence-corrected chi connectivity index (χ0v) is 8.17. The molecule has 0 amide bonds. The van der Waals surface area contributed by atoms with Crippen LogP contribution in [0.1, 0.15) is 23.7 Å². The molecule has 0 radical (unpaired) electrons. The van der Waals surface area contributed by atoms with Gasteiger partial charge in [0.1, 0.15) is 5.78 Å². The topological polar surface area (TPSA) is 34.1 Å². The van der Waals surface area contributed by atoms with Gasteiger partial charge in [0.2, 0.25) is 0 Å². The van der Waals surface area contributed by atoms with Gasteiger partial charge in [0, 0.05) is 10.5 Å². The number of rotatable bonds is 3. The van der Waals surface area contributed by atoms with Crippen molar-refractivity contribution in [3.63, 3.8) is 0 Å². The largest absolute Gasteiger partial charge is 0.300 e. The van der Waals surface area contributed by atoms with Crippen LogP contribution in [0.4, 0.5) is 0 Å². The summed E-state index contributed by atoms with van der Waals surface area (Å²) in [5, 5.41) is 0. The van der Waals surface area contributed by atoms with Crippen LogP contribution in [0, 0.1) is 0 Å². The minimum absolute atomic E-state index is 0.0441. The molecule has 1 rings (SSSR count). The van der Waals surface area contributed by atoms with Crippen LogP contribution in [0.3, 0.4) is 0 Å². The van der Waals surface area contributed by atoms with Gasteiger partial charge in [-0.2, -0.15) is 0 Å². The molecule has 68 valence electrons. The van der Waals surface area contributed by atoms with E-state index in [4.69, 9.17) is 0 Å². The van der Waals surface area contributed by atoms with Gasteiger partial charge < -0.3 is 0 Å². The molecule has 0 aromatic heterocycles. The summed E-state index contributed by atoms with van der Waals surface area (Å²) in [6.07, 6.45) is -0.0441. The zero-order chi connectivity index (χ0) is 9.84. The molecule has 13 heavy (non-hydrogen) atoms.